The highest BCUT2D eigenvalue weighted by atomic mass is 35.5. The minimum absolute atomic E-state index is 0.199. The van der Waals surface area contributed by atoms with Crippen LogP contribution in [0.15, 0.2) is 5.16 Å². The Morgan fingerprint density at radius 1 is 1.67 bits per heavy atom. The van der Waals surface area contributed by atoms with Gasteiger partial charge in [0.2, 0.25) is 0 Å². The lowest BCUT2D eigenvalue weighted by Gasteiger charge is -2.12. The van der Waals surface area contributed by atoms with Crippen LogP contribution >= 0.6 is 11.6 Å². The predicted molar refractivity (Wildman–Crippen MR) is 62.1 cm³/mol. The number of rotatable bonds is 2. The van der Waals surface area contributed by atoms with E-state index in [2.05, 4.69) is 10.1 Å². The molecule has 6 nitrogen and oxygen atoms in total. The molecule has 0 saturated carbocycles. The summed E-state index contributed by atoms with van der Waals surface area (Å²) < 4.78 is 13.9. The molecule has 0 fully saturated rings. The van der Waals surface area contributed by atoms with Gasteiger partial charge in [-0.1, -0.05) is 16.8 Å². The number of carboxylic acid groups (broad SMARTS) is 1. The summed E-state index contributed by atoms with van der Waals surface area (Å²) in [5.74, 6) is -2.26. The number of nitrogens with two attached hydrogens (primary N) is 1. The lowest BCUT2D eigenvalue weighted by molar-refractivity contribution is 0.0680. The molecule has 0 bridgehead atoms. The molecule has 1 atom stereocenters. The zero-order valence-electron chi connectivity index (χ0n) is 9.28. The smallest absolute Gasteiger partial charge is 0.356 e. The summed E-state index contributed by atoms with van der Waals surface area (Å²) in [6.07, 6.45) is -0.452. The summed E-state index contributed by atoms with van der Waals surface area (Å²) in [4.78, 5) is 19.5. The summed E-state index contributed by atoms with van der Waals surface area (Å²) >= 11 is 5.62. The van der Waals surface area contributed by atoms with Gasteiger partial charge in [-0.25, -0.2) is 14.2 Å². The Balaban J connectivity index is 2.51. The first-order chi connectivity index (χ1) is 8.41. The lowest BCUT2D eigenvalue weighted by atomic mass is 10.1. The topological polar surface area (TPSA) is 97.8 Å². The van der Waals surface area contributed by atoms with E-state index in [0.717, 1.165) is 0 Å². The molecule has 1 aliphatic heterocycles. The first kappa shape index (κ1) is 12.6. The number of nitrogen functional groups attached to an aromatic ring is 1. The number of pyridine rings is 1. The Bertz CT molecular complexity index is 562. The first-order valence-electron chi connectivity index (χ1n) is 4.98. The largest absolute Gasteiger partial charge is 0.476 e. The molecule has 0 amide bonds. The Morgan fingerprint density at radius 2 is 2.33 bits per heavy atom. The molecular formula is C10H9ClFN3O3. The fourth-order valence-corrected chi connectivity index (χ4v) is 1.78. The number of halogens is 2. The SMILES string of the molecule is CC1=NOC(c2nc(C(=O)O)c(Cl)c(N)c2F)C1. The molecule has 1 aliphatic rings. The second-order valence-electron chi connectivity index (χ2n) is 3.82. The van der Waals surface area contributed by atoms with Gasteiger partial charge in [-0.2, -0.15) is 0 Å². The van der Waals surface area contributed by atoms with Gasteiger partial charge in [-0.3, -0.25) is 0 Å². The molecule has 18 heavy (non-hydrogen) atoms. The third kappa shape index (κ3) is 1.97. The summed E-state index contributed by atoms with van der Waals surface area (Å²) in [5.41, 5.74) is 4.93. The van der Waals surface area contributed by atoms with Crippen molar-refractivity contribution in [2.75, 3.05) is 5.73 Å². The van der Waals surface area contributed by atoms with E-state index in [1.807, 2.05) is 0 Å². The number of hydrogen-bond donors (Lipinski definition) is 2. The van der Waals surface area contributed by atoms with Crippen LogP contribution in [0.3, 0.4) is 0 Å². The Morgan fingerprint density at radius 3 is 2.83 bits per heavy atom. The van der Waals surface area contributed by atoms with Crippen LogP contribution in [-0.2, 0) is 4.84 Å². The van der Waals surface area contributed by atoms with Crippen molar-refractivity contribution in [3.05, 3.63) is 22.2 Å². The molecular weight excluding hydrogens is 265 g/mol. The van der Waals surface area contributed by atoms with Crippen LogP contribution in [0.25, 0.3) is 0 Å². The van der Waals surface area contributed by atoms with E-state index in [4.69, 9.17) is 27.3 Å². The van der Waals surface area contributed by atoms with Crippen LogP contribution in [0.5, 0.6) is 0 Å². The number of nitrogens with zero attached hydrogens (tertiary/aromatic N) is 2. The van der Waals surface area contributed by atoms with Crippen LogP contribution in [0.2, 0.25) is 5.02 Å². The molecule has 0 spiro atoms. The van der Waals surface area contributed by atoms with Crippen LogP contribution in [-0.4, -0.2) is 21.8 Å². The average Bonchev–Trinajstić information content (AvgIpc) is 2.72. The van der Waals surface area contributed by atoms with Gasteiger partial charge < -0.3 is 15.7 Å². The van der Waals surface area contributed by atoms with Crippen molar-refractivity contribution in [1.82, 2.24) is 4.98 Å². The van der Waals surface area contributed by atoms with Crippen LogP contribution < -0.4 is 5.73 Å². The molecule has 2 rings (SSSR count). The summed E-state index contributed by atoms with van der Waals surface area (Å²) in [6.45, 7) is 1.70. The fraction of sp³-hybridized carbons (Fsp3) is 0.300. The van der Waals surface area contributed by atoms with Gasteiger partial charge in [0, 0.05) is 6.42 Å². The Kier molecular flexibility index (Phi) is 3.08. The van der Waals surface area contributed by atoms with Crippen LogP contribution in [0, 0.1) is 5.82 Å². The lowest BCUT2D eigenvalue weighted by Crippen LogP contribution is -2.13. The molecule has 1 aromatic heterocycles. The number of anilines is 1. The van der Waals surface area contributed by atoms with Crippen molar-refractivity contribution in [2.45, 2.75) is 19.4 Å². The van der Waals surface area contributed by atoms with E-state index in [1.165, 1.54) is 0 Å². The fourth-order valence-electron chi connectivity index (χ4n) is 1.58. The molecule has 0 aliphatic carbocycles. The third-order valence-electron chi connectivity index (χ3n) is 2.46. The molecule has 96 valence electrons. The molecule has 1 aromatic rings. The number of carbonyl (C=O) groups is 1. The van der Waals surface area contributed by atoms with E-state index in [1.54, 1.807) is 6.92 Å². The standard InChI is InChI=1S/C10H9ClFN3O3/c1-3-2-4(18-15-3)8-6(12)7(13)5(11)9(14-8)10(16)17/h4H,2H2,1H3,(H2,13,14)(H,16,17). The molecule has 0 saturated heterocycles. The Hall–Kier alpha value is -1.89. The number of hydrogen-bond acceptors (Lipinski definition) is 5. The maximum absolute atomic E-state index is 13.9. The van der Waals surface area contributed by atoms with Gasteiger partial charge in [-0.15, -0.1) is 0 Å². The minimum Gasteiger partial charge on any atom is -0.476 e. The van der Waals surface area contributed by atoms with Gasteiger partial charge in [0.15, 0.2) is 17.6 Å². The molecule has 0 radical (unpaired) electrons. The molecule has 0 aromatic carbocycles. The zero-order chi connectivity index (χ0) is 13.4. The van der Waals surface area contributed by atoms with Crippen molar-refractivity contribution in [3.63, 3.8) is 0 Å². The summed E-state index contributed by atoms with van der Waals surface area (Å²) in [6, 6.07) is 0. The normalized spacial score (nSPS) is 18.4. The minimum atomic E-state index is -1.39. The number of aromatic nitrogens is 1. The third-order valence-corrected chi connectivity index (χ3v) is 2.84. The number of oxime groups is 1. The number of carboxylic acids is 1. The maximum atomic E-state index is 13.9. The highest BCUT2D eigenvalue weighted by Crippen LogP contribution is 2.34. The van der Waals surface area contributed by atoms with Crippen LogP contribution in [0.1, 0.15) is 35.6 Å². The van der Waals surface area contributed by atoms with Crippen molar-refractivity contribution >= 4 is 29.0 Å². The summed E-state index contributed by atoms with van der Waals surface area (Å²) in [7, 11) is 0. The quantitative estimate of drug-likeness (QED) is 0.859. The maximum Gasteiger partial charge on any atom is 0.356 e. The van der Waals surface area contributed by atoms with Gasteiger partial charge >= 0.3 is 5.97 Å². The van der Waals surface area contributed by atoms with Gasteiger partial charge in [0.05, 0.1) is 16.4 Å². The van der Waals surface area contributed by atoms with E-state index in [-0.39, 0.29) is 5.69 Å². The van der Waals surface area contributed by atoms with E-state index in [9.17, 15) is 9.18 Å². The van der Waals surface area contributed by atoms with E-state index < -0.39 is 34.3 Å². The van der Waals surface area contributed by atoms with Crippen molar-refractivity contribution in [1.29, 1.82) is 0 Å². The van der Waals surface area contributed by atoms with Crippen molar-refractivity contribution in [2.24, 2.45) is 5.16 Å². The molecule has 3 N–H and O–H groups in total. The average molecular weight is 274 g/mol. The van der Waals surface area contributed by atoms with Crippen molar-refractivity contribution in [3.8, 4) is 0 Å². The second kappa shape index (κ2) is 4.41. The zero-order valence-corrected chi connectivity index (χ0v) is 10.0. The van der Waals surface area contributed by atoms with Gasteiger partial charge in [-0.05, 0) is 6.92 Å². The highest BCUT2D eigenvalue weighted by Gasteiger charge is 2.30. The van der Waals surface area contributed by atoms with E-state index in [0.29, 0.717) is 12.1 Å². The Labute approximate surface area is 106 Å². The molecule has 1 unspecified atom stereocenters. The monoisotopic (exact) mass is 273 g/mol. The predicted octanol–water partition coefficient (Wildman–Crippen LogP) is 1.99. The van der Waals surface area contributed by atoms with E-state index >= 15 is 0 Å². The molecule has 2 heterocycles. The van der Waals surface area contributed by atoms with Gasteiger partial charge in [0.1, 0.15) is 5.69 Å². The second-order valence-corrected chi connectivity index (χ2v) is 4.20. The van der Waals surface area contributed by atoms with Gasteiger partial charge in [0.25, 0.3) is 0 Å². The first-order valence-corrected chi connectivity index (χ1v) is 5.36. The van der Waals surface area contributed by atoms with Crippen LogP contribution in [0.4, 0.5) is 10.1 Å². The highest BCUT2D eigenvalue weighted by molar-refractivity contribution is 6.35. The molecule has 8 heteroatoms. The summed E-state index contributed by atoms with van der Waals surface area (Å²) in [5, 5.41) is 12.1. The number of aromatic carboxylic acids is 1. The van der Waals surface area contributed by atoms with Crippen molar-refractivity contribution < 1.29 is 19.1 Å².